The summed E-state index contributed by atoms with van der Waals surface area (Å²) < 4.78 is 5.57. The van der Waals surface area contributed by atoms with E-state index in [0.717, 1.165) is 0 Å². The molecule has 2 rings (SSSR count). The average Bonchev–Trinajstić information content (AvgIpc) is 2.34. The monoisotopic (exact) mass is 344 g/mol. The van der Waals surface area contributed by atoms with Gasteiger partial charge in [0.05, 0.1) is 0 Å². The molecule has 1 aromatic carbocycles. The number of hydrogen-bond donors (Lipinski definition) is 2. The zero-order valence-corrected chi connectivity index (χ0v) is 10.8. The second-order valence-corrected chi connectivity index (χ2v) is 4.33. The molecule has 2 aromatic rings. The standard InChI is InChI=1S/C11H9IN2O3/c12-9-10(15)13-8(14-11(9)16)6-17-7-4-2-1-3-5-7/h1-5H,6H2,(H2,13,14,15,16). The van der Waals surface area contributed by atoms with Gasteiger partial charge in [-0.15, -0.1) is 0 Å². The Morgan fingerprint density at radius 3 is 2.71 bits per heavy atom. The maximum atomic E-state index is 11.4. The molecule has 0 aliphatic heterocycles. The first kappa shape index (κ1) is 11.9. The maximum absolute atomic E-state index is 11.4. The number of aromatic hydroxyl groups is 1. The Bertz CT molecular complexity index is 569. The summed E-state index contributed by atoms with van der Waals surface area (Å²) in [6.07, 6.45) is 0. The molecule has 6 heteroatoms. The van der Waals surface area contributed by atoms with Gasteiger partial charge >= 0.3 is 0 Å². The molecule has 0 saturated heterocycles. The Kier molecular flexibility index (Phi) is 3.62. The lowest BCUT2D eigenvalue weighted by atomic mass is 10.3. The predicted molar refractivity (Wildman–Crippen MR) is 70.0 cm³/mol. The van der Waals surface area contributed by atoms with Crippen molar-refractivity contribution < 1.29 is 9.84 Å². The van der Waals surface area contributed by atoms with Crippen LogP contribution in [0, 0.1) is 3.57 Å². The molecular formula is C11H9IN2O3. The number of aromatic nitrogens is 2. The van der Waals surface area contributed by atoms with Crippen molar-refractivity contribution in [3.63, 3.8) is 0 Å². The van der Waals surface area contributed by atoms with Crippen molar-refractivity contribution in [2.75, 3.05) is 0 Å². The number of benzene rings is 1. The smallest absolute Gasteiger partial charge is 0.268 e. The van der Waals surface area contributed by atoms with Crippen LogP contribution in [0.4, 0.5) is 0 Å². The van der Waals surface area contributed by atoms with Crippen molar-refractivity contribution >= 4 is 22.6 Å². The Balaban J connectivity index is 2.13. The van der Waals surface area contributed by atoms with E-state index in [1.54, 1.807) is 34.7 Å². The molecular weight excluding hydrogens is 335 g/mol. The van der Waals surface area contributed by atoms with Crippen LogP contribution in [0.15, 0.2) is 35.1 Å². The number of nitrogens with zero attached hydrogens (tertiary/aromatic N) is 1. The molecule has 0 bridgehead atoms. The SMILES string of the molecule is O=c1[nH]c(COc2ccccc2)nc(O)c1I. The first-order chi connectivity index (χ1) is 8.16. The maximum Gasteiger partial charge on any atom is 0.268 e. The van der Waals surface area contributed by atoms with E-state index in [1.165, 1.54) is 0 Å². The van der Waals surface area contributed by atoms with Crippen LogP contribution in [0.3, 0.4) is 0 Å². The molecule has 1 heterocycles. The lowest BCUT2D eigenvalue weighted by molar-refractivity contribution is 0.292. The van der Waals surface area contributed by atoms with Gasteiger partial charge in [0.2, 0.25) is 5.88 Å². The fourth-order valence-electron chi connectivity index (χ4n) is 1.23. The van der Waals surface area contributed by atoms with Crippen molar-refractivity contribution in [1.82, 2.24) is 9.97 Å². The molecule has 2 N–H and O–H groups in total. The van der Waals surface area contributed by atoms with Crippen LogP contribution in [0.2, 0.25) is 0 Å². The fraction of sp³-hybridized carbons (Fsp3) is 0.0909. The Hall–Kier alpha value is -1.57. The molecule has 0 radical (unpaired) electrons. The van der Waals surface area contributed by atoms with Gasteiger partial charge < -0.3 is 14.8 Å². The highest BCUT2D eigenvalue weighted by Crippen LogP contribution is 2.13. The van der Waals surface area contributed by atoms with Crippen molar-refractivity contribution in [2.45, 2.75) is 6.61 Å². The number of rotatable bonds is 3. The van der Waals surface area contributed by atoms with Gasteiger partial charge in [-0.1, -0.05) is 18.2 Å². The van der Waals surface area contributed by atoms with Crippen molar-refractivity contribution in [1.29, 1.82) is 0 Å². The minimum Gasteiger partial charge on any atom is -0.492 e. The van der Waals surface area contributed by atoms with E-state index < -0.39 is 0 Å². The summed E-state index contributed by atoms with van der Waals surface area (Å²) >= 11 is 1.73. The Morgan fingerprint density at radius 1 is 1.35 bits per heavy atom. The average molecular weight is 344 g/mol. The van der Waals surface area contributed by atoms with Gasteiger partial charge in [0.25, 0.3) is 5.56 Å². The fourth-order valence-corrected chi connectivity index (χ4v) is 1.48. The van der Waals surface area contributed by atoms with Crippen LogP contribution in [0.25, 0.3) is 0 Å². The van der Waals surface area contributed by atoms with Gasteiger partial charge in [-0.2, -0.15) is 4.98 Å². The number of ether oxygens (including phenoxy) is 1. The minimum absolute atomic E-state index is 0.101. The zero-order chi connectivity index (χ0) is 12.3. The number of hydrogen-bond acceptors (Lipinski definition) is 4. The van der Waals surface area contributed by atoms with Crippen LogP contribution in [-0.4, -0.2) is 15.1 Å². The van der Waals surface area contributed by atoms with Crippen LogP contribution < -0.4 is 10.3 Å². The third-order valence-electron chi connectivity index (χ3n) is 2.01. The Morgan fingerprint density at radius 2 is 2.06 bits per heavy atom. The first-order valence-electron chi connectivity index (χ1n) is 4.82. The normalized spacial score (nSPS) is 10.2. The van der Waals surface area contributed by atoms with Gasteiger partial charge in [-0.25, -0.2) is 0 Å². The molecule has 0 spiro atoms. The second-order valence-electron chi connectivity index (χ2n) is 3.25. The van der Waals surface area contributed by atoms with Crippen molar-refractivity contribution in [2.24, 2.45) is 0 Å². The predicted octanol–water partition coefficient (Wildman–Crippen LogP) is 1.66. The van der Waals surface area contributed by atoms with Gasteiger partial charge in [0.15, 0.2) is 5.82 Å². The number of halogens is 1. The van der Waals surface area contributed by atoms with Gasteiger partial charge in [-0.05, 0) is 34.7 Å². The largest absolute Gasteiger partial charge is 0.492 e. The second kappa shape index (κ2) is 5.17. The molecule has 1 aromatic heterocycles. The van der Waals surface area contributed by atoms with Crippen LogP contribution in [-0.2, 0) is 6.61 Å². The molecule has 0 unspecified atom stereocenters. The number of aromatic amines is 1. The van der Waals surface area contributed by atoms with Crippen molar-refractivity contribution in [3.8, 4) is 11.6 Å². The molecule has 5 nitrogen and oxygen atoms in total. The molecule has 17 heavy (non-hydrogen) atoms. The topological polar surface area (TPSA) is 75.2 Å². The molecule has 0 aliphatic carbocycles. The summed E-state index contributed by atoms with van der Waals surface area (Å²) in [5.74, 6) is 0.686. The minimum atomic E-state index is -0.371. The third-order valence-corrected chi connectivity index (χ3v) is 2.99. The molecule has 0 aliphatic rings. The highest BCUT2D eigenvalue weighted by molar-refractivity contribution is 14.1. The summed E-state index contributed by atoms with van der Waals surface area (Å²) in [4.78, 5) is 17.7. The molecule has 0 fully saturated rings. The number of H-pyrrole nitrogens is 1. The van der Waals surface area contributed by atoms with E-state index in [9.17, 15) is 9.90 Å². The summed E-state index contributed by atoms with van der Waals surface area (Å²) in [7, 11) is 0. The van der Waals surface area contributed by atoms with E-state index in [4.69, 9.17) is 4.74 Å². The van der Waals surface area contributed by atoms with E-state index in [0.29, 0.717) is 5.75 Å². The van der Waals surface area contributed by atoms with Crippen molar-refractivity contribution in [3.05, 3.63) is 50.1 Å². The number of nitrogens with one attached hydrogen (secondary N) is 1. The highest BCUT2D eigenvalue weighted by atomic mass is 127. The van der Waals surface area contributed by atoms with E-state index in [-0.39, 0.29) is 27.4 Å². The molecule has 0 amide bonds. The van der Waals surface area contributed by atoms with E-state index in [1.807, 2.05) is 18.2 Å². The van der Waals surface area contributed by atoms with Crippen LogP contribution in [0.5, 0.6) is 11.6 Å². The van der Waals surface area contributed by atoms with Gasteiger partial charge in [0, 0.05) is 0 Å². The van der Waals surface area contributed by atoms with E-state index in [2.05, 4.69) is 9.97 Å². The molecule has 88 valence electrons. The van der Waals surface area contributed by atoms with Gasteiger partial charge in [-0.3, -0.25) is 4.79 Å². The molecule has 0 atom stereocenters. The molecule has 0 saturated carbocycles. The Labute approximate surface area is 111 Å². The van der Waals surface area contributed by atoms with E-state index >= 15 is 0 Å². The van der Waals surface area contributed by atoms with Crippen LogP contribution >= 0.6 is 22.6 Å². The summed E-state index contributed by atoms with van der Waals surface area (Å²) in [6.45, 7) is 0.101. The summed E-state index contributed by atoms with van der Waals surface area (Å²) in [6, 6.07) is 9.16. The first-order valence-corrected chi connectivity index (χ1v) is 5.90. The summed E-state index contributed by atoms with van der Waals surface area (Å²) in [5.41, 5.74) is -0.371. The summed E-state index contributed by atoms with van der Waals surface area (Å²) in [5, 5.41) is 9.38. The van der Waals surface area contributed by atoms with Crippen LogP contribution in [0.1, 0.15) is 5.82 Å². The lowest BCUT2D eigenvalue weighted by Gasteiger charge is -2.05. The lowest BCUT2D eigenvalue weighted by Crippen LogP contribution is -2.15. The van der Waals surface area contributed by atoms with Gasteiger partial charge in [0.1, 0.15) is 15.9 Å². The highest BCUT2D eigenvalue weighted by Gasteiger charge is 2.07. The third kappa shape index (κ3) is 2.96. The number of para-hydroxylation sites is 1. The quantitative estimate of drug-likeness (QED) is 0.831. The zero-order valence-electron chi connectivity index (χ0n) is 8.68.